The molecule has 0 bridgehead atoms. The number of ether oxygens (including phenoxy) is 1. The number of phosphoric acid groups is 2. The summed E-state index contributed by atoms with van der Waals surface area (Å²) in [7, 11) is -10.6. The minimum absolute atomic E-state index is 0.0388. The average Bonchev–Trinajstić information content (AvgIpc) is 3.60. The molecule has 10 unspecified atom stereocenters. The van der Waals surface area contributed by atoms with E-state index in [1.807, 2.05) is 0 Å². The number of fused-ring (bicyclic) bond motifs is 1. The highest BCUT2D eigenvalue weighted by molar-refractivity contribution is 7.61. The zero-order valence-corrected chi connectivity index (χ0v) is 25.8. The van der Waals surface area contributed by atoms with Gasteiger partial charge in [-0.05, 0) is 26.7 Å². The number of amides is 1. The van der Waals surface area contributed by atoms with Crippen molar-refractivity contribution in [2.24, 2.45) is 11.7 Å². The molecule has 3 aliphatic rings. The van der Waals surface area contributed by atoms with Gasteiger partial charge in [0.15, 0.2) is 11.9 Å². The standard InChI is InChI=1S/C24H34N6O13P2/c1-11-17-23(27-10-26-11)30(12(2)28-17)24-21(34)20(33)16(42-24)9-41-45(38,39)43-44(36,37)40-8-14-6-15(19(32)18(14)31)29-5-3-4-13(7-29)22(25)35/h3,5,7,10,14-16,18-21,24,31-34H,4,6,8-9H2,1-2H3,(H2,25,35)(H,36,37)(H,38,39)/i34T. The molecule has 45 heavy (non-hydrogen) atoms. The number of aryl methyl sites for hydroxylation is 2. The number of primary amides is 1. The molecular formula is C24H34N6O13P2. The Morgan fingerprint density at radius 2 is 1.82 bits per heavy atom. The second-order valence-electron chi connectivity index (χ2n) is 10.9. The van der Waals surface area contributed by atoms with E-state index in [9.17, 15) is 39.0 Å². The van der Waals surface area contributed by atoms with Crippen LogP contribution in [-0.2, 0) is 32.0 Å². The van der Waals surface area contributed by atoms with E-state index in [1.165, 1.54) is 22.0 Å². The topological polar surface area (TPSA) is 282 Å². The molecule has 4 heterocycles. The smallest absolute Gasteiger partial charge is 0.390 e. The maximum absolute atomic E-state index is 12.6. The number of nitrogens with two attached hydrogens (primary N) is 1. The SMILES string of the molecule is [3H]OC1C(O)C(COP(=O)(O)OP(=O)(O)OCC2CC(N3C=CCC(C(N)=O)=C3)C(O)C2O)OC1n1c(C)nc2c(C)ncnc21. The third-order valence-corrected chi connectivity index (χ3v) is 10.5. The Balaban J connectivity index is 1.18. The molecule has 19 nitrogen and oxygen atoms in total. The van der Waals surface area contributed by atoms with Crippen LogP contribution < -0.4 is 5.73 Å². The molecule has 1 saturated carbocycles. The van der Waals surface area contributed by atoms with E-state index in [4.69, 9.17) is 20.9 Å². The highest BCUT2D eigenvalue weighted by Gasteiger charge is 2.48. The van der Waals surface area contributed by atoms with E-state index in [1.54, 1.807) is 26.1 Å². The fourth-order valence-electron chi connectivity index (χ4n) is 5.54. The van der Waals surface area contributed by atoms with Crippen LogP contribution in [0.2, 0.25) is 0 Å². The van der Waals surface area contributed by atoms with Crippen molar-refractivity contribution in [3.8, 4) is 0 Å². The summed E-state index contributed by atoms with van der Waals surface area (Å²) in [6.07, 6.45) is -1.88. The summed E-state index contributed by atoms with van der Waals surface area (Å²) in [4.78, 5) is 46.0. The number of aliphatic hydroxyl groups is 4. The Labute approximate surface area is 257 Å². The fourth-order valence-corrected chi connectivity index (χ4v) is 7.68. The molecule has 8 N–H and O–H groups in total. The molecule has 0 spiro atoms. The quantitative estimate of drug-likeness (QED) is 0.133. The summed E-state index contributed by atoms with van der Waals surface area (Å²) in [5, 5.41) is 36.5. The van der Waals surface area contributed by atoms with Crippen LogP contribution in [0.15, 0.2) is 30.4 Å². The van der Waals surface area contributed by atoms with Crippen LogP contribution in [0.5, 0.6) is 0 Å². The van der Waals surface area contributed by atoms with Gasteiger partial charge in [0, 0.05) is 23.9 Å². The van der Waals surface area contributed by atoms with Gasteiger partial charge in [-0.25, -0.2) is 24.1 Å². The van der Waals surface area contributed by atoms with Crippen molar-refractivity contribution < 1.29 is 62.2 Å². The first kappa shape index (κ1) is 32.3. The van der Waals surface area contributed by atoms with Crippen LogP contribution in [0.4, 0.5) is 0 Å². The van der Waals surface area contributed by atoms with E-state index in [2.05, 4.69) is 24.4 Å². The number of nitrogens with zero attached hydrogens (tertiary/aromatic N) is 5. The number of hydrogen-bond acceptors (Lipinski definition) is 15. The maximum Gasteiger partial charge on any atom is 0.481 e. The van der Waals surface area contributed by atoms with Gasteiger partial charge < -0.3 is 45.6 Å². The number of rotatable bonds is 12. The zero-order valence-electron chi connectivity index (χ0n) is 25.0. The van der Waals surface area contributed by atoms with Gasteiger partial charge in [-0.2, -0.15) is 4.31 Å². The summed E-state index contributed by atoms with van der Waals surface area (Å²) in [5.74, 6) is -1.18. The number of phosphoric ester groups is 2. The van der Waals surface area contributed by atoms with Gasteiger partial charge in [0.2, 0.25) is 7.34 Å². The van der Waals surface area contributed by atoms with E-state index in [0.717, 1.165) is 0 Å². The average molecular weight is 679 g/mol. The Hall–Kier alpha value is -2.64. The lowest BCUT2D eigenvalue weighted by molar-refractivity contribution is -0.114. The van der Waals surface area contributed by atoms with Gasteiger partial charge in [0.1, 0.15) is 42.1 Å². The zero-order chi connectivity index (χ0) is 33.6. The van der Waals surface area contributed by atoms with Crippen molar-refractivity contribution in [1.29, 1.82) is 1.43 Å². The molecular weight excluding hydrogens is 642 g/mol. The molecule has 1 amide bonds. The van der Waals surface area contributed by atoms with Crippen LogP contribution in [-0.4, -0.2) is 112 Å². The van der Waals surface area contributed by atoms with Crippen molar-refractivity contribution in [2.45, 2.75) is 69.5 Å². The largest absolute Gasteiger partial charge is 0.481 e. The number of carbonyl (C=O) groups is 1. The number of carbonyl (C=O) groups excluding carboxylic acids is 1. The fraction of sp³-hybridized carbons (Fsp3) is 0.583. The number of aromatic nitrogens is 4. The van der Waals surface area contributed by atoms with Crippen LogP contribution >= 0.6 is 15.6 Å². The monoisotopic (exact) mass is 678 g/mol. The third-order valence-electron chi connectivity index (χ3n) is 7.85. The number of imidazole rings is 1. The molecule has 248 valence electrons. The summed E-state index contributed by atoms with van der Waals surface area (Å²) >= 11 is 0. The predicted octanol–water partition coefficient (Wildman–Crippen LogP) is -0.988. The minimum atomic E-state index is -5.33. The highest BCUT2D eigenvalue weighted by atomic mass is 31.3. The van der Waals surface area contributed by atoms with Gasteiger partial charge in [-0.1, -0.05) is 6.08 Å². The van der Waals surface area contributed by atoms with E-state index in [-0.39, 0.29) is 12.0 Å². The molecule has 0 aromatic carbocycles. The molecule has 2 aliphatic heterocycles. The van der Waals surface area contributed by atoms with Gasteiger partial charge >= 0.3 is 15.6 Å². The number of hydrogen-bond donors (Lipinski definition) is 7. The Morgan fingerprint density at radius 1 is 1.11 bits per heavy atom. The van der Waals surface area contributed by atoms with E-state index < -0.39 is 83.5 Å². The van der Waals surface area contributed by atoms with E-state index in [0.29, 0.717) is 29.1 Å². The van der Waals surface area contributed by atoms with Crippen molar-refractivity contribution >= 4 is 32.7 Å². The van der Waals surface area contributed by atoms with Crippen molar-refractivity contribution in [1.82, 2.24) is 24.4 Å². The van der Waals surface area contributed by atoms with Crippen LogP contribution in [0.25, 0.3) is 11.2 Å². The molecule has 2 fully saturated rings. The summed E-state index contributed by atoms with van der Waals surface area (Å²) in [5.41, 5.74) is 6.94. The Bertz CT molecular complexity index is 1630. The number of allylic oxidation sites excluding steroid dienone is 1. The van der Waals surface area contributed by atoms with Gasteiger partial charge in [-0.3, -0.25) is 18.4 Å². The lowest BCUT2D eigenvalue weighted by Crippen LogP contribution is -2.39. The summed E-state index contributed by atoms with van der Waals surface area (Å²) < 4.78 is 53.9. The van der Waals surface area contributed by atoms with Gasteiger partial charge in [0.25, 0.3) is 0 Å². The van der Waals surface area contributed by atoms with Crippen LogP contribution in [0.1, 0.15) is 30.6 Å². The molecule has 1 saturated heterocycles. The summed E-state index contributed by atoms with van der Waals surface area (Å²) in [6, 6.07) is -0.737. The Morgan fingerprint density at radius 3 is 2.51 bits per heavy atom. The number of aliphatic hydroxyl groups excluding tert-OH is 4. The predicted molar refractivity (Wildman–Crippen MR) is 150 cm³/mol. The van der Waals surface area contributed by atoms with Crippen LogP contribution in [0, 0.1) is 19.8 Å². The van der Waals surface area contributed by atoms with E-state index >= 15 is 0 Å². The molecule has 1 aliphatic carbocycles. The molecule has 5 rings (SSSR count). The van der Waals surface area contributed by atoms with Crippen molar-refractivity contribution in [2.75, 3.05) is 13.2 Å². The third kappa shape index (κ3) is 7.05. The van der Waals surface area contributed by atoms with Crippen molar-refractivity contribution in [3.63, 3.8) is 0 Å². The van der Waals surface area contributed by atoms with Gasteiger partial charge in [-0.15, -0.1) is 0 Å². The molecule has 0 radical (unpaired) electrons. The first-order valence-corrected chi connectivity index (χ1v) is 16.7. The summed E-state index contributed by atoms with van der Waals surface area (Å²) in [6.45, 7) is 1.83. The lowest BCUT2D eigenvalue weighted by Gasteiger charge is -2.29. The molecule has 2 aromatic rings. The lowest BCUT2D eigenvalue weighted by atomic mass is 10.1. The molecule has 10 atom stereocenters. The van der Waals surface area contributed by atoms with Crippen molar-refractivity contribution in [3.05, 3.63) is 41.9 Å². The first-order valence-electron chi connectivity index (χ1n) is 14.1. The Kier molecular flexibility index (Phi) is 9.24. The van der Waals surface area contributed by atoms with Gasteiger partial charge in [0.05, 0.1) is 31.1 Å². The maximum atomic E-state index is 12.6. The highest BCUT2D eigenvalue weighted by Crippen LogP contribution is 2.61. The minimum Gasteiger partial charge on any atom is -0.390 e. The first-order chi connectivity index (χ1) is 21.6. The molecule has 2 aromatic heterocycles. The molecule has 21 heteroatoms. The normalized spacial score (nSPS) is 33.2. The second-order valence-corrected chi connectivity index (χ2v) is 13.9. The van der Waals surface area contributed by atoms with Crippen LogP contribution in [0.3, 0.4) is 0 Å². The second kappa shape index (κ2) is 12.9.